The van der Waals surface area contributed by atoms with Crippen molar-refractivity contribution in [1.29, 1.82) is 0 Å². The minimum atomic E-state index is -0.668. The van der Waals surface area contributed by atoms with Crippen molar-refractivity contribution in [1.82, 2.24) is 5.32 Å². The van der Waals surface area contributed by atoms with Crippen molar-refractivity contribution in [2.24, 2.45) is 11.1 Å². The summed E-state index contributed by atoms with van der Waals surface area (Å²) in [5, 5.41) is 3.02. The molecule has 1 aliphatic rings. The first-order chi connectivity index (χ1) is 6.35. The van der Waals surface area contributed by atoms with Gasteiger partial charge >= 0.3 is 0 Å². The fourth-order valence-electron chi connectivity index (χ4n) is 1.59. The Labute approximate surface area is 86.4 Å². The van der Waals surface area contributed by atoms with Gasteiger partial charge in [0.25, 0.3) is 0 Å². The van der Waals surface area contributed by atoms with E-state index in [1.165, 1.54) is 0 Å². The molecule has 0 heterocycles. The van der Waals surface area contributed by atoms with Crippen LogP contribution < -0.4 is 11.1 Å². The van der Waals surface area contributed by atoms with Crippen LogP contribution in [0.3, 0.4) is 0 Å². The highest BCUT2D eigenvalue weighted by molar-refractivity contribution is 5.86. The second-order valence-corrected chi connectivity index (χ2v) is 5.08. The quantitative estimate of drug-likeness (QED) is 0.717. The van der Waals surface area contributed by atoms with Crippen LogP contribution in [-0.4, -0.2) is 17.5 Å². The molecule has 1 rings (SSSR count). The molecule has 3 nitrogen and oxygen atoms in total. The first-order valence-corrected chi connectivity index (χ1v) is 5.45. The number of carbonyl (C=O) groups is 1. The molecule has 1 atom stereocenters. The molecule has 0 aromatic rings. The molecule has 1 aliphatic carbocycles. The standard InChI is InChI=1S/C11H22N2O/c1-5-11(12,6-2)9(14)13-8-7-10(8,3)4/h8H,5-7,12H2,1-4H3,(H,13,14). The maximum Gasteiger partial charge on any atom is 0.240 e. The Balaban J connectivity index is 2.50. The average Bonchev–Trinajstić information content (AvgIpc) is 2.72. The number of carbonyl (C=O) groups excluding carboxylic acids is 1. The molecule has 0 radical (unpaired) electrons. The van der Waals surface area contributed by atoms with Gasteiger partial charge in [0.2, 0.25) is 5.91 Å². The molecule has 1 fully saturated rings. The zero-order valence-corrected chi connectivity index (χ0v) is 9.68. The van der Waals surface area contributed by atoms with Crippen molar-refractivity contribution in [3.8, 4) is 0 Å². The van der Waals surface area contributed by atoms with Crippen LogP contribution in [0.2, 0.25) is 0 Å². The highest BCUT2D eigenvalue weighted by atomic mass is 16.2. The molecular formula is C11H22N2O. The number of nitrogens with one attached hydrogen (secondary N) is 1. The van der Waals surface area contributed by atoms with E-state index in [1.807, 2.05) is 13.8 Å². The van der Waals surface area contributed by atoms with Gasteiger partial charge in [0.1, 0.15) is 0 Å². The van der Waals surface area contributed by atoms with Gasteiger partial charge in [0.05, 0.1) is 5.54 Å². The smallest absolute Gasteiger partial charge is 0.240 e. The van der Waals surface area contributed by atoms with Crippen molar-refractivity contribution in [3.63, 3.8) is 0 Å². The molecule has 3 N–H and O–H groups in total. The first kappa shape index (κ1) is 11.5. The van der Waals surface area contributed by atoms with Crippen LogP contribution in [-0.2, 0) is 4.79 Å². The molecule has 1 unspecified atom stereocenters. The summed E-state index contributed by atoms with van der Waals surface area (Å²) in [4.78, 5) is 11.8. The lowest BCUT2D eigenvalue weighted by molar-refractivity contribution is -0.126. The van der Waals surface area contributed by atoms with Crippen LogP contribution in [0.1, 0.15) is 47.0 Å². The zero-order chi connectivity index (χ0) is 11.0. The van der Waals surface area contributed by atoms with E-state index in [-0.39, 0.29) is 11.3 Å². The molecule has 0 spiro atoms. The monoisotopic (exact) mass is 198 g/mol. The van der Waals surface area contributed by atoms with Crippen molar-refractivity contribution in [2.75, 3.05) is 0 Å². The first-order valence-electron chi connectivity index (χ1n) is 5.45. The van der Waals surface area contributed by atoms with E-state index in [1.54, 1.807) is 0 Å². The largest absolute Gasteiger partial charge is 0.351 e. The normalized spacial score (nSPS) is 24.5. The van der Waals surface area contributed by atoms with E-state index in [0.717, 1.165) is 6.42 Å². The summed E-state index contributed by atoms with van der Waals surface area (Å²) in [6, 6.07) is 0.330. The lowest BCUT2D eigenvalue weighted by atomic mass is 9.93. The highest BCUT2D eigenvalue weighted by Crippen LogP contribution is 2.44. The van der Waals surface area contributed by atoms with E-state index in [2.05, 4.69) is 19.2 Å². The number of hydrogen-bond donors (Lipinski definition) is 2. The average molecular weight is 198 g/mol. The topological polar surface area (TPSA) is 55.1 Å². The number of amides is 1. The Hall–Kier alpha value is -0.570. The lowest BCUT2D eigenvalue weighted by Gasteiger charge is -2.25. The minimum Gasteiger partial charge on any atom is -0.351 e. The molecule has 82 valence electrons. The van der Waals surface area contributed by atoms with Gasteiger partial charge in [-0.25, -0.2) is 0 Å². The predicted octanol–water partition coefficient (Wildman–Crippen LogP) is 1.42. The third-order valence-corrected chi connectivity index (χ3v) is 3.53. The van der Waals surface area contributed by atoms with Gasteiger partial charge in [0, 0.05) is 6.04 Å². The Morgan fingerprint density at radius 3 is 2.21 bits per heavy atom. The maximum atomic E-state index is 11.8. The van der Waals surface area contributed by atoms with Gasteiger partial charge in [-0.1, -0.05) is 27.7 Å². The summed E-state index contributed by atoms with van der Waals surface area (Å²) >= 11 is 0. The fraction of sp³-hybridized carbons (Fsp3) is 0.909. The summed E-state index contributed by atoms with van der Waals surface area (Å²) < 4.78 is 0. The summed E-state index contributed by atoms with van der Waals surface area (Å²) in [7, 11) is 0. The predicted molar refractivity (Wildman–Crippen MR) is 57.8 cm³/mol. The van der Waals surface area contributed by atoms with Gasteiger partial charge in [-0.3, -0.25) is 4.79 Å². The molecule has 0 bridgehead atoms. The van der Waals surface area contributed by atoms with Gasteiger partial charge < -0.3 is 11.1 Å². The number of nitrogens with two attached hydrogens (primary N) is 1. The molecular weight excluding hydrogens is 176 g/mol. The summed E-state index contributed by atoms with van der Waals surface area (Å²) in [5.74, 6) is 0.0121. The molecule has 0 aromatic heterocycles. The van der Waals surface area contributed by atoms with Crippen LogP contribution in [0.25, 0.3) is 0 Å². The molecule has 0 saturated heterocycles. The molecule has 0 aromatic carbocycles. The lowest BCUT2D eigenvalue weighted by Crippen LogP contribution is -2.54. The van der Waals surface area contributed by atoms with E-state index in [0.29, 0.717) is 18.9 Å². The van der Waals surface area contributed by atoms with Crippen LogP contribution in [0.5, 0.6) is 0 Å². The maximum absolute atomic E-state index is 11.8. The highest BCUT2D eigenvalue weighted by Gasteiger charge is 2.48. The molecule has 14 heavy (non-hydrogen) atoms. The molecule has 0 aliphatic heterocycles. The second kappa shape index (κ2) is 3.54. The minimum absolute atomic E-state index is 0.0121. The van der Waals surface area contributed by atoms with Crippen molar-refractivity contribution < 1.29 is 4.79 Å². The number of rotatable bonds is 4. The fourth-order valence-corrected chi connectivity index (χ4v) is 1.59. The van der Waals surface area contributed by atoms with Crippen LogP contribution in [0.4, 0.5) is 0 Å². The van der Waals surface area contributed by atoms with Crippen molar-refractivity contribution in [3.05, 3.63) is 0 Å². The zero-order valence-electron chi connectivity index (χ0n) is 9.68. The van der Waals surface area contributed by atoms with Gasteiger partial charge in [0.15, 0.2) is 0 Å². The van der Waals surface area contributed by atoms with E-state index in [9.17, 15) is 4.79 Å². The Morgan fingerprint density at radius 1 is 1.50 bits per heavy atom. The molecule has 1 amide bonds. The summed E-state index contributed by atoms with van der Waals surface area (Å²) in [5.41, 5.74) is 5.60. The summed E-state index contributed by atoms with van der Waals surface area (Å²) in [6.45, 7) is 8.24. The van der Waals surface area contributed by atoms with E-state index >= 15 is 0 Å². The number of hydrogen-bond acceptors (Lipinski definition) is 2. The van der Waals surface area contributed by atoms with Gasteiger partial charge in [-0.2, -0.15) is 0 Å². The van der Waals surface area contributed by atoms with E-state index < -0.39 is 5.54 Å². The second-order valence-electron chi connectivity index (χ2n) is 5.08. The SMILES string of the molecule is CCC(N)(CC)C(=O)NC1CC1(C)C. The Morgan fingerprint density at radius 2 is 1.93 bits per heavy atom. The van der Waals surface area contributed by atoms with Crippen molar-refractivity contribution >= 4 is 5.91 Å². The molecule has 3 heteroatoms. The van der Waals surface area contributed by atoms with E-state index in [4.69, 9.17) is 5.73 Å². The van der Waals surface area contributed by atoms with Crippen LogP contribution in [0.15, 0.2) is 0 Å². The Bertz CT molecular complexity index is 231. The Kier molecular flexibility index (Phi) is 2.91. The summed E-state index contributed by atoms with van der Waals surface area (Å²) in [6.07, 6.45) is 2.47. The van der Waals surface area contributed by atoms with Crippen molar-refractivity contribution in [2.45, 2.75) is 58.5 Å². The third-order valence-electron chi connectivity index (χ3n) is 3.53. The van der Waals surface area contributed by atoms with Crippen LogP contribution in [0, 0.1) is 5.41 Å². The third kappa shape index (κ3) is 2.08. The van der Waals surface area contributed by atoms with Gasteiger partial charge in [-0.15, -0.1) is 0 Å². The molecule has 1 saturated carbocycles. The van der Waals surface area contributed by atoms with Gasteiger partial charge in [-0.05, 0) is 24.7 Å². The van der Waals surface area contributed by atoms with Crippen LogP contribution >= 0.6 is 0 Å².